The fourth-order valence-electron chi connectivity index (χ4n) is 3.91. The van der Waals surface area contributed by atoms with Gasteiger partial charge in [0.1, 0.15) is 11.8 Å². The molecule has 0 aliphatic heterocycles. The Hall–Kier alpha value is -3.12. The lowest BCUT2D eigenvalue weighted by atomic mass is 10.0. The van der Waals surface area contributed by atoms with E-state index in [1.54, 1.807) is 4.90 Å². The van der Waals surface area contributed by atoms with E-state index in [0.29, 0.717) is 18.7 Å². The minimum Gasteiger partial charge on any atom is -0.483 e. The highest BCUT2D eigenvalue weighted by atomic mass is 79.9. The van der Waals surface area contributed by atoms with Crippen LogP contribution in [-0.2, 0) is 22.6 Å². The van der Waals surface area contributed by atoms with Crippen LogP contribution in [0.15, 0.2) is 77.3 Å². The van der Waals surface area contributed by atoms with Crippen LogP contribution in [0.4, 0.5) is 0 Å². The van der Waals surface area contributed by atoms with Crippen molar-refractivity contribution in [1.82, 2.24) is 10.2 Å². The van der Waals surface area contributed by atoms with E-state index in [9.17, 15) is 9.59 Å². The molecule has 2 amide bonds. The van der Waals surface area contributed by atoms with Crippen LogP contribution in [0.1, 0.15) is 42.5 Å². The van der Waals surface area contributed by atoms with Gasteiger partial charge in [0.25, 0.3) is 5.91 Å². The average Bonchev–Trinajstić information content (AvgIpc) is 2.87. The second-order valence-electron chi connectivity index (χ2n) is 9.23. The third-order valence-corrected chi connectivity index (χ3v) is 6.70. The summed E-state index contributed by atoms with van der Waals surface area (Å²) in [6.45, 7) is 8.08. The molecule has 0 heterocycles. The smallest absolute Gasteiger partial charge is 0.261 e. The van der Waals surface area contributed by atoms with E-state index < -0.39 is 6.04 Å². The second kappa shape index (κ2) is 13.3. The van der Waals surface area contributed by atoms with Gasteiger partial charge in [0.05, 0.1) is 0 Å². The largest absolute Gasteiger partial charge is 0.483 e. The molecule has 1 N–H and O–H groups in total. The first kappa shape index (κ1) is 27.5. The lowest BCUT2D eigenvalue weighted by Gasteiger charge is -2.32. The molecule has 0 aliphatic rings. The van der Waals surface area contributed by atoms with Gasteiger partial charge in [-0.2, -0.15) is 0 Å². The number of carbonyl (C=O) groups excluding carboxylic acids is 2. The molecule has 3 rings (SSSR count). The first-order valence-electron chi connectivity index (χ1n) is 12.3. The average molecular weight is 552 g/mol. The predicted molar refractivity (Wildman–Crippen MR) is 148 cm³/mol. The van der Waals surface area contributed by atoms with Gasteiger partial charge in [-0.05, 0) is 67.6 Å². The first-order valence-corrected chi connectivity index (χ1v) is 13.1. The molecule has 0 bridgehead atoms. The van der Waals surface area contributed by atoms with Crippen molar-refractivity contribution < 1.29 is 14.3 Å². The van der Waals surface area contributed by atoms with E-state index in [0.717, 1.165) is 33.1 Å². The highest BCUT2D eigenvalue weighted by Gasteiger charge is 2.31. The van der Waals surface area contributed by atoms with Crippen molar-refractivity contribution in [3.63, 3.8) is 0 Å². The number of aryl methyl sites for hydroxylation is 2. The van der Waals surface area contributed by atoms with Gasteiger partial charge in [-0.1, -0.05) is 77.5 Å². The number of ether oxygens (including phenoxy) is 1. The lowest BCUT2D eigenvalue weighted by molar-refractivity contribution is -0.143. The van der Waals surface area contributed by atoms with Crippen molar-refractivity contribution in [1.29, 1.82) is 0 Å². The van der Waals surface area contributed by atoms with Crippen molar-refractivity contribution in [2.45, 2.75) is 59.2 Å². The zero-order valence-electron chi connectivity index (χ0n) is 21.5. The quantitative estimate of drug-likeness (QED) is 0.318. The Balaban J connectivity index is 1.93. The third-order valence-electron chi connectivity index (χ3n) is 6.21. The summed E-state index contributed by atoms with van der Waals surface area (Å²) in [5.41, 5.74) is 3.94. The number of carbonyl (C=O) groups is 2. The van der Waals surface area contributed by atoms with E-state index in [2.05, 4.69) is 21.2 Å². The van der Waals surface area contributed by atoms with Gasteiger partial charge in [-0.25, -0.2) is 0 Å². The fraction of sp³-hybridized carbons (Fsp3) is 0.333. The Morgan fingerprint density at radius 2 is 1.69 bits per heavy atom. The van der Waals surface area contributed by atoms with Crippen molar-refractivity contribution in [3.05, 3.63) is 99.5 Å². The third kappa shape index (κ3) is 7.95. The number of hydrogen-bond acceptors (Lipinski definition) is 3. The lowest BCUT2D eigenvalue weighted by Crippen LogP contribution is -2.53. The molecule has 0 aromatic heterocycles. The van der Waals surface area contributed by atoms with Crippen LogP contribution >= 0.6 is 15.9 Å². The van der Waals surface area contributed by atoms with E-state index in [4.69, 9.17) is 4.74 Å². The molecule has 0 aliphatic carbocycles. The molecule has 3 aromatic rings. The molecule has 0 fully saturated rings. The van der Waals surface area contributed by atoms with Crippen molar-refractivity contribution >= 4 is 27.7 Å². The van der Waals surface area contributed by atoms with Crippen LogP contribution in [0.5, 0.6) is 5.75 Å². The summed E-state index contributed by atoms with van der Waals surface area (Å²) in [4.78, 5) is 28.9. The minimum absolute atomic E-state index is 0.00443. The fourth-order valence-corrected chi connectivity index (χ4v) is 4.36. The first-order chi connectivity index (χ1) is 17.3. The zero-order valence-corrected chi connectivity index (χ0v) is 23.0. The topological polar surface area (TPSA) is 58.6 Å². The molecule has 0 saturated heterocycles. The molecular weight excluding hydrogens is 516 g/mol. The van der Waals surface area contributed by atoms with Gasteiger partial charge in [-0.15, -0.1) is 0 Å². The maximum absolute atomic E-state index is 13.7. The standard InChI is InChI=1S/C30H35BrN2O3/c1-5-23(4)32-30(35)27(18-24-10-7-6-8-11-24)33(19-25-12-9-13-26(31)17-25)29(34)20-36-28-16-21(2)14-15-22(28)3/h6-17,23,27H,5,18-20H2,1-4H3,(H,32,35)/t23-,27-/m1/s1. The zero-order chi connectivity index (χ0) is 26.1. The molecule has 0 unspecified atom stereocenters. The van der Waals surface area contributed by atoms with E-state index >= 15 is 0 Å². The molecule has 0 saturated carbocycles. The van der Waals surface area contributed by atoms with Crippen LogP contribution in [0.25, 0.3) is 0 Å². The molecule has 5 nitrogen and oxygen atoms in total. The van der Waals surface area contributed by atoms with Gasteiger partial charge in [-0.3, -0.25) is 9.59 Å². The molecule has 6 heteroatoms. The summed E-state index contributed by atoms with van der Waals surface area (Å²) >= 11 is 3.52. The van der Waals surface area contributed by atoms with Gasteiger partial charge in [0, 0.05) is 23.5 Å². The summed E-state index contributed by atoms with van der Waals surface area (Å²) in [7, 11) is 0. The Morgan fingerprint density at radius 1 is 0.972 bits per heavy atom. The number of hydrogen-bond donors (Lipinski definition) is 1. The van der Waals surface area contributed by atoms with Crippen molar-refractivity contribution in [3.8, 4) is 5.75 Å². The highest BCUT2D eigenvalue weighted by molar-refractivity contribution is 9.10. The van der Waals surface area contributed by atoms with Gasteiger partial charge in [0.2, 0.25) is 5.91 Å². The Kier molecular flexibility index (Phi) is 10.1. The molecular formula is C30H35BrN2O3. The number of halogens is 1. The Morgan fingerprint density at radius 3 is 2.39 bits per heavy atom. The maximum atomic E-state index is 13.7. The number of rotatable bonds is 11. The van der Waals surface area contributed by atoms with Crippen LogP contribution in [0.2, 0.25) is 0 Å². The number of amides is 2. The van der Waals surface area contributed by atoms with Crippen molar-refractivity contribution in [2.75, 3.05) is 6.61 Å². The second-order valence-corrected chi connectivity index (χ2v) is 10.1. The molecule has 0 radical (unpaired) electrons. The monoisotopic (exact) mass is 550 g/mol. The maximum Gasteiger partial charge on any atom is 0.261 e. The van der Waals surface area contributed by atoms with E-state index in [-0.39, 0.29) is 24.5 Å². The van der Waals surface area contributed by atoms with Crippen LogP contribution in [0, 0.1) is 13.8 Å². The van der Waals surface area contributed by atoms with Crippen molar-refractivity contribution in [2.24, 2.45) is 0 Å². The minimum atomic E-state index is -0.685. The van der Waals surface area contributed by atoms with Gasteiger partial charge >= 0.3 is 0 Å². The molecule has 190 valence electrons. The van der Waals surface area contributed by atoms with Gasteiger partial charge < -0.3 is 15.0 Å². The SMILES string of the molecule is CC[C@@H](C)NC(=O)[C@@H](Cc1ccccc1)N(Cc1cccc(Br)c1)C(=O)COc1cc(C)ccc1C. The molecule has 2 atom stereocenters. The molecule has 0 spiro atoms. The summed E-state index contributed by atoms with van der Waals surface area (Å²) in [6, 6.07) is 22.8. The molecule has 36 heavy (non-hydrogen) atoms. The Bertz CT molecular complexity index is 1170. The number of benzene rings is 3. The Labute approximate surface area is 223 Å². The van der Waals surface area contributed by atoms with Crippen LogP contribution < -0.4 is 10.1 Å². The molecule has 3 aromatic carbocycles. The van der Waals surface area contributed by atoms with E-state index in [1.807, 2.05) is 100 Å². The normalized spacial score (nSPS) is 12.5. The van der Waals surface area contributed by atoms with Gasteiger partial charge in [0.15, 0.2) is 6.61 Å². The summed E-state index contributed by atoms with van der Waals surface area (Å²) in [5, 5.41) is 3.09. The number of nitrogens with zero attached hydrogens (tertiary/aromatic N) is 1. The van der Waals surface area contributed by atoms with Crippen LogP contribution in [-0.4, -0.2) is 35.4 Å². The summed E-state index contributed by atoms with van der Waals surface area (Å²) in [5.74, 6) is 0.272. The highest BCUT2D eigenvalue weighted by Crippen LogP contribution is 2.21. The summed E-state index contributed by atoms with van der Waals surface area (Å²) < 4.78 is 6.89. The predicted octanol–water partition coefficient (Wildman–Crippen LogP) is 6.00. The summed E-state index contributed by atoms with van der Waals surface area (Å²) in [6.07, 6.45) is 1.21. The number of nitrogens with one attached hydrogen (secondary N) is 1. The van der Waals surface area contributed by atoms with Crippen LogP contribution in [0.3, 0.4) is 0 Å². The van der Waals surface area contributed by atoms with E-state index in [1.165, 1.54) is 0 Å².